The van der Waals surface area contributed by atoms with E-state index in [1.165, 1.54) is 0 Å². The molecule has 0 saturated carbocycles. The number of amides is 3. The number of carbonyl (C=O) groups excluding carboxylic acids is 4. The van der Waals surface area contributed by atoms with Crippen LogP contribution in [0.2, 0.25) is 0 Å². The molecule has 0 saturated heterocycles. The van der Waals surface area contributed by atoms with E-state index in [-0.39, 0.29) is 6.61 Å². The minimum absolute atomic E-state index is 0.0875. The van der Waals surface area contributed by atoms with Gasteiger partial charge in [0.15, 0.2) is 0 Å². The number of nitrogens with two attached hydrogens (primary N) is 1. The third-order valence-corrected chi connectivity index (χ3v) is 3.24. The monoisotopic (exact) mass is 358 g/mol. The first-order valence-corrected chi connectivity index (χ1v) is 8.23. The average molecular weight is 358 g/mol. The van der Waals surface area contributed by atoms with Gasteiger partial charge >= 0.3 is 0 Å². The topological polar surface area (TPSA) is 140 Å². The van der Waals surface area contributed by atoms with Gasteiger partial charge in [0, 0.05) is 0 Å². The van der Waals surface area contributed by atoms with E-state index in [0.29, 0.717) is 6.42 Å². The normalized spacial score (nSPS) is 13.6. The van der Waals surface area contributed by atoms with Gasteiger partial charge in [-0.3, -0.25) is 19.2 Å². The lowest BCUT2D eigenvalue weighted by molar-refractivity contribution is -0.140. The lowest BCUT2D eigenvalue weighted by Crippen LogP contribution is -2.52. The molecule has 0 rings (SSSR count). The van der Waals surface area contributed by atoms with Crippen molar-refractivity contribution in [2.24, 2.45) is 5.73 Å². The molecule has 0 aliphatic heterocycles. The Balaban J connectivity index is 4.49. The first kappa shape index (κ1) is 23.0. The third kappa shape index (κ3) is 9.78. The molecule has 0 radical (unpaired) electrons. The van der Waals surface area contributed by atoms with Crippen LogP contribution in [0.5, 0.6) is 0 Å². The Hall–Kier alpha value is -2.00. The fraction of sp³-hybridized carbons (Fsp3) is 0.750. The van der Waals surface area contributed by atoms with Crippen molar-refractivity contribution < 1.29 is 23.9 Å². The molecule has 0 aromatic heterocycles. The van der Waals surface area contributed by atoms with Gasteiger partial charge in [-0.05, 0) is 34.2 Å². The van der Waals surface area contributed by atoms with Crippen molar-refractivity contribution in [3.05, 3.63) is 0 Å². The SMILES string of the molecule is CCCC(NC)C(=O)C(=O)NCC(=O)NC(COC(C)(C)C)C(N)=O. The number of Topliss-reactive ketones (excluding diaryl/α,β-unsaturated/α-hetero) is 1. The quantitative estimate of drug-likeness (QED) is 0.344. The minimum atomic E-state index is -1.02. The van der Waals surface area contributed by atoms with E-state index in [1.54, 1.807) is 27.8 Å². The number of hydrogen-bond acceptors (Lipinski definition) is 6. The summed E-state index contributed by atoms with van der Waals surface area (Å²) in [5, 5.41) is 7.37. The predicted octanol–water partition coefficient (Wildman–Crippen LogP) is -1.15. The molecule has 2 atom stereocenters. The van der Waals surface area contributed by atoms with Crippen LogP contribution in [0.1, 0.15) is 40.5 Å². The van der Waals surface area contributed by atoms with Gasteiger partial charge in [0.25, 0.3) is 5.91 Å². The molecule has 0 fully saturated rings. The van der Waals surface area contributed by atoms with Crippen LogP contribution in [-0.2, 0) is 23.9 Å². The Kier molecular flexibility index (Phi) is 9.92. The Morgan fingerprint density at radius 3 is 2.16 bits per heavy atom. The van der Waals surface area contributed by atoms with Gasteiger partial charge < -0.3 is 26.4 Å². The van der Waals surface area contributed by atoms with Gasteiger partial charge in [0.05, 0.1) is 24.8 Å². The molecule has 3 amide bonds. The molecular weight excluding hydrogens is 328 g/mol. The molecule has 0 bridgehead atoms. The first-order chi connectivity index (χ1) is 11.5. The van der Waals surface area contributed by atoms with Crippen LogP contribution in [0.25, 0.3) is 0 Å². The smallest absolute Gasteiger partial charge is 0.289 e. The van der Waals surface area contributed by atoms with Crippen LogP contribution in [0.15, 0.2) is 0 Å². The molecule has 0 aromatic rings. The molecule has 9 heteroatoms. The minimum Gasteiger partial charge on any atom is -0.373 e. The summed E-state index contributed by atoms with van der Waals surface area (Å²) in [4.78, 5) is 47.0. The van der Waals surface area contributed by atoms with E-state index in [0.717, 1.165) is 6.42 Å². The number of ether oxygens (including phenoxy) is 1. The highest BCUT2D eigenvalue weighted by atomic mass is 16.5. The van der Waals surface area contributed by atoms with E-state index in [1.807, 2.05) is 6.92 Å². The van der Waals surface area contributed by atoms with E-state index >= 15 is 0 Å². The van der Waals surface area contributed by atoms with E-state index < -0.39 is 47.7 Å². The fourth-order valence-electron chi connectivity index (χ4n) is 1.87. The summed E-state index contributed by atoms with van der Waals surface area (Å²) in [6, 6.07) is -1.61. The van der Waals surface area contributed by atoms with Crippen LogP contribution in [-0.4, -0.2) is 61.4 Å². The Bertz CT molecular complexity index is 487. The van der Waals surface area contributed by atoms with Gasteiger partial charge in [-0.1, -0.05) is 13.3 Å². The lowest BCUT2D eigenvalue weighted by atomic mass is 10.1. The van der Waals surface area contributed by atoms with Gasteiger partial charge in [0.1, 0.15) is 6.04 Å². The number of rotatable bonds is 11. The summed E-state index contributed by atoms with van der Waals surface area (Å²) < 4.78 is 5.43. The van der Waals surface area contributed by atoms with Crippen LogP contribution in [0.3, 0.4) is 0 Å². The molecule has 0 spiro atoms. The number of ketones is 1. The van der Waals surface area contributed by atoms with E-state index in [9.17, 15) is 19.2 Å². The summed E-state index contributed by atoms with van der Waals surface area (Å²) in [6.07, 6.45) is 1.25. The summed E-state index contributed by atoms with van der Waals surface area (Å²) in [5.74, 6) is -2.89. The maximum atomic E-state index is 11.9. The fourth-order valence-corrected chi connectivity index (χ4v) is 1.87. The summed E-state index contributed by atoms with van der Waals surface area (Å²) in [6.45, 7) is 6.77. The number of nitrogens with one attached hydrogen (secondary N) is 3. The molecule has 25 heavy (non-hydrogen) atoms. The van der Waals surface area contributed by atoms with Gasteiger partial charge in [-0.25, -0.2) is 0 Å². The Morgan fingerprint density at radius 1 is 1.12 bits per heavy atom. The average Bonchev–Trinajstić information content (AvgIpc) is 2.52. The maximum Gasteiger partial charge on any atom is 0.289 e. The molecule has 0 heterocycles. The van der Waals surface area contributed by atoms with Crippen LogP contribution in [0, 0.1) is 0 Å². The highest BCUT2D eigenvalue weighted by Gasteiger charge is 2.25. The summed E-state index contributed by atoms with van der Waals surface area (Å²) >= 11 is 0. The molecule has 0 aliphatic rings. The maximum absolute atomic E-state index is 11.9. The highest BCUT2D eigenvalue weighted by Crippen LogP contribution is 2.07. The lowest BCUT2D eigenvalue weighted by Gasteiger charge is -2.23. The molecule has 144 valence electrons. The van der Waals surface area contributed by atoms with Crippen molar-refractivity contribution in [1.82, 2.24) is 16.0 Å². The molecule has 0 aliphatic carbocycles. The van der Waals surface area contributed by atoms with E-state index in [2.05, 4.69) is 16.0 Å². The van der Waals surface area contributed by atoms with Crippen LogP contribution < -0.4 is 21.7 Å². The van der Waals surface area contributed by atoms with Crippen molar-refractivity contribution in [3.63, 3.8) is 0 Å². The third-order valence-electron chi connectivity index (χ3n) is 3.24. The number of primary amides is 1. The molecule has 2 unspecified atom stereocenters. The predicted molar refractivity (Wildman–Crippen MR) is 92.6 cm³/mol. The second-order valence-corrected chi connectivity index (χ2v) is 6.62. The Labute approximate surface area is 148 Å². The van der Waals surface area contributed by atoms with Crippen molar-refractivity contribution in [1.29, 1.82) is 0 Å². The van der Waals surface area contributed by atoms with Crippen molar-refractivity contribution in [3.8, 4) is 0 Å². The largest absolute Gasteiger partial charge is 0.373 e. The number of carbonyl (C=O) groups is 4. The molecule has 0 aromatic carbocycles. The molecular formula is C16H30N4O5. The number of hydrogen-bond donors (Lipinski definition) is 4. The van der Waals surface area contributed by atoms with Crippen molar-refractivity contribution in [2.75, 3.05) is 20.2 Å². The number of likely N-dealkylation sites (N-methyl/N-ethyl adjacent to an activating group) is 1. The first-order valence-electron chi connectivity index (χ1n) is 8.23. The zero-order chi connectivity index (χ0) is 19.6. The van der Waals surface area contributed by atoms with Crippen LogP contribution >= 0.6 is 0 Å². The van der Waals surface area contributed by atoms with Crippen molar-refractivity contribution >= 4 is 23.5 Å². The van der Waals surface area contributed by atoms with Gasteiger partial charge in [-0.15, -0.1) is 0 Å². The van der Waals surface area contributed by atoms with Gasteiger partial charge in [-0.2, -0.15) is 0 Å². The summed E-state index contributed by atoms with van der Waals surface area (Å²) in [7, 11) is 1.59. The Morgan fingerprint density at radius 2 is 1.72 bits per heavy atom. The standard InChI is InChI=1S/C16H30N4O5/c1-6-7-10(18-5)13(22)15(24)19-8-12(21)20-11(14(17)23)9-25-16(2,3)4/h10-11,18H,6-9H2,1-5H3,(H2,17,23)(H,19,24)(H,20,21). The zero-order valence-electron chi connectivity index (χ0n) is 15.6. The van der Waals surface area contributed by atoms with Crippen LogP contribution in [0.4, 0.5) is 0 Å². The second-order valence-electron chi connectivity index (χ2n) is 6.62. The van der Waals surface area contributed by atoms with E-state index in [4.69, 9.17) is 10.5 Å². The second kappa shape index (κ2) is 10.8. The molecule has 9 nitrogen and oxygen atoms in total. The molecule has 5 N–H and O–H groups in total. The highest BCUT2D eigenvalue weighted by molar-refractivity contribution is 6.38. The zero-order valence-corrected chi connectivity index (χ0v) is 15.6. The van der Waals surface area contributed by atoms with Crippen molar-refractivity contribution in [2.45, 2.75) is 58.2 Å². The summed E-state index contributed by atoms with van der Waals surface area (Å²) in [5.41, 5.74) is 4.73. The van der Waals surface area contributed by atoms with Gasteiger partial charge in [0.2, 0.25) is 17.6 Å².